The van der Waals surface area contributed by atoms with Crippen LogP contribution in [0.5, 0.6) is 0 Å². The molecule has 0 saturated heterocycles. The molecule has 0 radical (unpaired) electrons. The Morgan fingerprint density at radius 3 is 2.83 bits per heavy atom. The third-order valence-electron chi connectivity index (χ3n) is 2.37. The van der Waals surface area contributed by atoms with E-state index >= 15 is 0 Å². The number of nitrogens with zero attached hydrogens (tertiary/aromatic N) is 1. The highest BCUT2D eigenvalue weighted by molar-refractivity contribution is 5.80. The summed E-state index contributed by atoms with van der Waals surface area (Å²) in [7, 11) is 0. The number of para-hydroxylation sites is 1. The van der Waals surface area contributed by atoms with E-state index in [1.54, 1.807) is 25.1 Å². The number of nitro benzene ring substituents is 1. The van der Waals surface area contributed by atoms with Crippen molar-refractivity contribution in [2.24, 2.45) is 0 Å². The third kappa shape index (κ3) is 3.91. The summed E-state index contributed by atoms with van der Waals surface area (Å²) >= 11 is 0. The monoisotopic (exact) mass is 246 g/mol. The van der Waals surface area contributed by atoms with Crippen LogP contribution in [0.4, 0.5) is 5.69 Å². The number of hydrogen-bond acceptors (Lipinski definition) is 3. The molecular weight excluding hydrogens is 232 g/mol. The third-order valence-corrected chi connectivity index (χ3v) is 2.37. The molecule has 0 aromatic heterocycles. The van der Waals surface area contributed by atoms with Crippen molar-refractivity contribution in [1.82, 2.24) is 5.32 Å². The summed E-state index contributed by atoms with van der Waals surface area (Å²) in [6.07, 6.45) is 5.54. The van der Waals surface area contributed by atoms with Gasteiger partial charge in [-0.1, -0.05) is 18.2 Å². The number of carbonyl (C=O) groups is 1. The molecular formula is C13H14N2O3. The van der Waals surface area contributed by atoms with Gasteiger partial charge in [0, 0.05) is 24.1 Å². The summed E-state index contributed by atoms with van der Waals surface area (Å²) in [5, 5.41) is 13.5. The number of nitro groups is 1. The van der Waals surface area contributed by atoms with Gasteiger partial charge in [0.2, 0.25) is 5.91 Å². The van der Waals surface area contributed by atoms with Gasteiger partial charge in [-0.25, -0.2) is 0 Å². The Kier molecular flexibility index (Phi) is 4.88. The summed E-state index contributed by atoms with van der Waals surface area (Å²) in [6.45, 7) is 1.79. The maximum atomic E-state index is 11.7. The van der Waals surface area contributed by atoms with Crippen LogP contribution in [0.1, 0.15) is 18.9 Å². The molecule has 0 spiro atoms. The first-order valence-corrected chi connectivity index (χ1v) is 5.49. The molecule has 0 saturated carbocycles. The van der Waals surface area contributed by atoms with E-state index in [4.69, 9.17) is 6.42 Å². The lowest BCUT2D eigenvalue weighted by atomic mass is 10.1. The average molecular weight is 246 g/mol. The predicted octanol–water partition coefficient (Wildman–Crippen LogP) is 1.67. The average Bonchev–Trinajstić information content (AvgIpc) is 2.29. The molecule has 5 heteroatoms. The highest BCUT2D eigenvalue weighted by Crippen LogP contribution is 2.17. The molecule has 1 amide bonds. The largest absolute Gasteiger partial charge is 0.352 e. The lowest BCUT2D eigenvalue weighted by Gasteiger charge is -2.10. The summed E-state index contributed by atoms with van der Waals surface area (Å²) in [5.74, 6) is 2.17. The van der Waals surface area contributed by atoms with Crippen molar-refractivity contribution in [3.05, 3.63) is 39.9 Å². The predicted molar refractivity (Wildman–Crippen MR) is 67.9 cm³/mol. The zero-order chi connectivity index (χ0) is 13.5. The normalized spacial score (nSPS) is 11.3. The van der Waals surface area contributed by atoms with E-state index in [1.807, 2.05) is 0 Å². The van der Waals surface area contributed by atoms with Crippen LogP contribution in [0.3, 0.4) is 0 Å². The number of benzene rings is 1. The molecule has 1 rings (SSSR count). The number of nitrogens with one attached hydrogen (secondary N) is 1. The van der Waals surface area contributed by atoms with E-state index in [-0.39, 0.29) is 24.1 Å². The van der Waals surface area contributed by atoms with E-state index in [0.717, 1.165) is 0 Å². The van der Waals surface area contributed by atoms with Gasteiger partial charge >= 0.3 is 0 Å². The minimum absolute atomic E-state index is 0.0218. The smallest absolute Gasteiger partial charge is 0.273 e. The van der Waals surface area contributed by atoms with Crippen molar-refractivity contribution in [3.8, 4) is 12.3 Å². The molecule has 1 atom stereocenters. The molecule has 1 unspecified atom stereocenters. The topological polar surface area (TPSA) is 72.2 Å². The number of hydrogen-bond donors (Lipinski definition) is 1. The van der Waals surface area contributed by atoms with Crippen LogP contribution < -0.4 is 5.32 Å². The molecule has 0 bridgehead atoms. The summed E-state index contributed by atoms with van der Waals surface area (Å²) in [5.41, 5.74) is 0.352. The SMILES string of the molecule is C#CCC(C)NC(=O)Cc1ccccc1[N+](=O)[O-]. The second-order valence-corrected chi connectivity index (χ2v) is 3.94. The van der Waals surface area contributed by atoms with Crippen molar-refractivity contribution in [2.45, 2.75) is 25.8 Å². The molecule has 0 fully saturated rings. The second kappa shape index (κ2) is 6.40. The quantitative estimate of drug-likeness (QED) is 0.488. The van der Waals surface area contributed by atoms with Crippen LogP contribution in [0, 0.1) is 22.5 Å². The lowest BCUT2D eigenvalue weighted by Crippen LogP contribution is -2.33. The zero-order valence-electron chi connectivity index (χ0n) is 10.1. The van der Waals surface area contributed by atoms with Crippen molar-refractivity contribution in [3.63, 3.8) is 0 Å². The number of rotatable bonds is 5. The molecule has 94 valence electrons. The molecule has 0 aliphatic carbocycles. The highest BCUT2D eigenvalue weighted by Gasteiger charge is 2.16. The Balaban J connectivity index is 2.71. The van der Waals surface area contributed by atoms with Gasteiger partial charge in [0.1, 0.15) is 0 Å². The van der Waals surface area contributed by atoms with E-state index in [9.17, 15) is 14.9 Å². The van der Waals surface area contributed by atoms with Gasteiger partial charge in [0.05, 0.1) is 11.3 Å². The van der Waals surface area contributed by atoms with E-state index in [1.165, 1.54) is 6.07 Å². The Morgan fingerprint density at radius 1 is 1.56 bits per heavy atom. The molecule has 0 heterocycles. The fourth-order valence-corrected chi connectivity index (χ4v) is 1.57. The van der Waals surface area contributed by atoms with Crippen LogP contribution in [-0.4, -0.2) is 16.9 Å². The first kappa shape index (κ1) is 13.7. The van der Waals surface area contributed by atoms with E-state index in [2.05, 4.69) is 11.2 Å². The molecule has 18 heavy (non-hydrogen) atoms. The van der Waals surface area contributed by atoms with Crippen molar-refractivity contribution in [1.29, 1.82) is 0 Å². The van der Waals surface area contributed by atoms with Crippen LogP contribution in [0.15, 0.2) is 24.3 Å². The minimum atomic E-state index is -0.493. The fraction of sp³-hybridized carbons (Fsp3) is 0.308. The summed E-state index contributed by atoms with van der Waals surface area (Å²) in [4.78, 5) is 22.0. The molecule has 1 aromatic rings. The molecule has 1 aromatic carbocycles. The van der Waals surface area contributed by atoms with Gasteiger partial charge in [-0.2, -0.15) is 0 Å². The maximum Gasteiger partial charge on any atom is 0.273 e. The zero-order valence-corrected chi connectivity index (χ0v) is 10.1. The van der Waals surface area contributed by atoms with Gasteiger partial charge in [0.15, 0.2) is 0 Å². The molecule has 0 aliphatic heterocycles. The lowest BCUT2D eigenvalue weighted by molar-refractivity contribution is -0.385. The van der Waals surface area contributed by atoms with Crippen LogP contribution in [-0.2, 0) is 11.2 Å². The van der Waals surface area contributed by atoms with E-state index in [0.29, 0.717) is 12.0 Å². The summed E-state index contributed by atoms with van der Waals surface area (Å²) in [6, 6.07) is 6.06. The second-order valence-electron chi connectivity index (χ2n) is 3.94. The van der Waals surface area contributed by atoms with Crippen LogP contribution in [0.25, 0.3) is 0 Å². The van der Waals surface area contributed by atoms with Gasteiger partial charge < -0.3 is 5.32 Å². The fourth-order valence-electron chi connectivity index (χ4n) is 1.57. The van der Waals surface area contributed by atoms with Crippen molar-refractivity contribution < 1.29 is 9.72 Å². The first-order chi connectivity index (χ1) is 8.54. The van der Waals surface area contributed by atoms with Gasteiger partial charge in [-0.15, -0.1) is 12.3 Å². The maximum absolute atomic E-state index is 11.7. The van der Waals surface area contributed by atoms with Crippen LogP contribution in [0.2, 0.25) is 0 Å². The summed E-state index contributed by atoms with van der Waals surface area (Å²) < 4.78 is 0. The van der Waals surface area contributed by atoms with Crippen molar-refractivity contribution in [2.75, 3.05) is 0 Å². The van der Waals surface area contributed by atoms with E-state index < -0.39 is 4.92 Å². The Labute approximate surface area is 105 Å². The number of carbonyl (C=O) groups excluding carboxylic acids is 1. The Hall–Kier alpha value is -2.35. The Morgan fingerprint density at radius 2 is 2.22 bits per heavy atom. The first-order valence-electron chi connectivity index (χ1n) is 5.49. The molecule has 0 aliphatic rings. The van der Waals surface area contributed by atoms with Gasteiger partial charge in [-0.3, -0.25) is 14.9 Å². The molecule has 5 nitrogen and oxygen atoms in total. The van der Waals surface area contributed by atoms with Crippen LogP contribution >= 0.6 is 0 Å². The highest BCUT2D eigenvalue weighted by atomic mass is 16.6. The molecule has 1 N–H and O–H groups in total. The standard InChI is InChI=1S/C13H14N2O3/c1-3-6-10(2)14-13(16)9-11-7-4-5-8-12(11)15(17)18/h1,4-5,7-8,10H,6,9H2,2H3,(H,14,16). The Bertz CT molecular complexity index is 491. The number of amides is 1. The van der Waals surface area contributed by atoms with Gasteiger partial charge in [-0.05, 0) is 6.92 Å². The van der Waals surface area contributed by atoms with Crippen molar-refractivity contribution >= 4 is 11.6 Å². The number of terminal acetylenes is 1. The minimum Gasteiger partial charge on any atom is -0.352 e. The van der Waals surface area contributed by atoms with Gasteiger partial charge in [0.25, 0.3) is 5.69 Å².